The number of amidine groups is 1. The Morgan fingerprint density at radius 1 is 1.14 bits per heavy atom. The summed E-state index contributed by atoms with van der Waals surface area (Å²) < 4.78 is 0. The Balaban J connectivity index is 1.69. The van der Waals surface area contributed by atoms with Gasteiger partial charge < -0.3 is 0 Å². The number of carbonyl (C=O) groups is 1. The van der Waals surface area contributed by atoms with E-state index in [4.69, 9.17) is 0 Å². The number of hydrogen-bond donors (Lipinski definition) is 0. The number of aliphatic imine (C=N–C) groups is 1. The van der Waals surface area contributed by atoms with Gasteiger partial charge in [0.1, 0.15) is 0 Å². The first-order valence-corrected chi connectivity index (χ1v) is 8.33. The lowest BCUT2D eigenvalue weighted by atomic mass is 10.1. The van der Waals surface area contributed by atoms with Gasteiger partial charge in [-0.25, -0.2) is 0 Å². The van der Waals surface area contributed by atoms with Crippen molar-refractivity contribution in [3.05, 3.63) is 71.3 Å². The van der Waals surface area contributed by atoms with Crippen molar-refractivity contribution in [1.82, 2.24) is 4.90 Å². The van der Waals surface area contributed by atoms with Crippen LogP contribution in [-0.2, 0) is 5.75 Å². The fourth-order valence-electron chi connectivity index (χ4n) is 2.39. The van der Waals surface area contributed by atoms with Crippen LogP contribution in [0.25, 0.3) is 0 Å². The highest BCUT2D eigenvalue weighted by atomic mass is 32.2. The minimum absolute atomic E-state index is 0.0362. The number of benzene rings is 2. The van der Waals surface area contributed by atoms with Crippen LogP contribution in [-0.4, -0.2) is 29.1 Å². The number of thioether (sulfide) groups is 1. The van der Waals surface area contributed by atoms with E-state index < -0.39 is 0 Å². The molecular formula is C18H18N2OS. The van der Waals surface area contributed by atoms with Gasteiger partial charge in [-0.05, 0) is 30.2 Å². The van der Waals surface area contributed by atoms with Gasteiger partial charge in [0, 0.05) is 17.9 Å². The maximum absolute atomic E-state index is 12.6. The zero-order chi connectivity index (χ0) is 15.4. The standard InChI is InChI=1S/C18H18N2OS/c1-14-7-5-6-10-16(14)13-22-18-19-11-12-20(18)17(21)15-8-3-2-4-9-15/h2-10H,11-13H2,1H3. The molecule has 0 spiro atoms. The average molecular weight is 310 g/mol. The first kappa shape index (κ1) is 14.9. The van der Waals surface area contributed by atoms with Crippen LogP contribution in [0.2, 0.25) is 0 Å². The summed E-state index contributed by atoms with van der Waals surface area (Å²) in [4.78, 5) is 18.9. The van der Waals surface area contributed by atoms with Crippen LogP contribution < -0.4 is 0 Å². The highest BCUT2D eigenvalue weighted by Gasteiger charge is 2.24. The third-order valence-corrected chi connectivity index (χ3v) is 4.75. The lowest BCUT2D eigenvalue weighted by Gasteiger charge is -2.18. The number of carbonyl (C=O) groups excluding carboxylic acids is 1. The molecule has 3 rings (SSSR count). The molecule has 0 N–H and O–H groups in total. The molecule has 0 unspecified atom stereocenters. The van der Waals surface area contributed by atoms with Crippen molar-refractivity contribution < 1.29 is 4.79 Å². The lowest BCUT2D eigenvalue weighted by Crippen LogP contribution is -2.32. The Labute approximate surface area is 135 Å². The molecule has 0 aliphatic carbocycles. The van der Waals surface area contributed by atoms with Crippen LogP contribution >= 0.6 is 11.8 Å². The van der Waals surface area contributed by atoms with Crippen molar-refractivity contribution in [2.45, 2.75) is 12.7 Å². The third-order valence-electron chi connectivity index (χ3n) is 3.69. The number of rotatable bonds is 3. The molecule has 22 heavy (non-hydrogen) atoms. The molecule has 0 aromatic heterocycles. The van der Waals surface area contributed by atoms with E-state index in [1.165, 1.54) is 11.1 Å². The summed E-state index contributed by atoms with van der Waals surface area (Å²) in [5.74, 6) is 0.874. The second-order valence-corrected chi connectivity index (χ2v) is 6.14. The van der Waals surface area contributed by atoms with Gasteiger partial charge in [-0.2, -0.15) is 0 Å². The van der Waals surface area contributed by atoms with Crippen molar-refractivity contribution in [3.8, 4) is 0 Å². The maximum Gasteiger partial charge on any atom is 0.259 e. The highest BCUT2D eigenvalue weighted by Crippen LogP contribution is 2.22. The Morgan fingerprint density at radius 2 is 1.86 bits per heavy atom. The minimum atomic E-state index is 0.0362. The van der Waals surface area contributed by atoms with Crippen molar-refractivity contribution in [2.24, 2.45) is 4.99 Å². The van der Waals surface area contributed by atoms with Crippen LogP contribution in [0, 0.1) is 6.92 Å². The molecule has 0 fully saturated rings. The molecule has 1 heterocycles. The largest absolute Gasteiger partial charge is 0.286 e. The fraction of sp³-hybridized carbons (Fsp3) is 0.222. The van der Waals surface area contributed by atoms with E-state index in [9.17, 15) is 4.79 Å². The highest BCUT2D eigenvalue weighted by molar-refractivity contribution is 8.13. The molecule has 3 nitrogen and oxygen atoms in total. The molecule has 0 radical (unpaired) electrons. The van der Waals surface area contributed by atoms with E-state index >= 15 is 0 Å². The molecule has 2 aromatic carbocycles. The van der Waals surface area contributed by atoms with Crippen LogP contribution in [0.15, 0.2) is 59.6 Å². The van der Waals surface area contributed by atoms with Gasteiger partial charge >= 0.3 is 0 Å². The Hall–Kier alpha value is -2.07. The van der Waals surface area contributed by atoms with Crippen molar-refractivity contribution in [2.75, 3.05) is 13.1 Å². The summed E-state index contributed by atoms with van der Waals surface area (Å²) in [5, 5.41) is 0.831. The van der Waals surface area contributed by atoms with E-state index in [0.717, 1.165) is 10.9 Å². The van der Waals surface area contributed by atoms with Crippen LogP contribution in [0.1, 0.15) is 21.5 Å². The predicted octanol–water partition coefficient (Wildman–Crippen LogP) is 3.74. The van der Waals surface area contributed by atoms with Gasteiger partial charge in [0.25, 0.3) is 5.91 Å². The smallest absolute Gasteiger partial charge is 0.259 e. The summed E-state index contributed by atoms with van der Waals surface area (Å²) in [6, 6.07) is 17.7. The molecule has 1 aliphatic heterocycles. The second-order valence-electron chi connectivity index (χ2n) is 5.20. The van der Waals surface area contributed by atoms with Gasteiger partial charge in [-0.3, -0.25) is 14.7 Å². The summed E-state index contributed by atoms with van der Waals surface area (Å²) in [6.45, 7) is 3.47. The molecule has 4 heteroatoms. The molecular weight excluding hydrogens is 292 g/mol. The summed E-state index contributed by atoms with van der Waals surface area (Å²) >= 11 is 1.64. The molecule has 1 amide bonds. The van der Waals surface area contributed by atoms with Crippen molar-refractivity contribution >= 4 is 22.8 Å². The first-order chi connectivity index (χ1) is 10.8. The van der Waals surface area contributed by atoms with E-state index in [1.54, 1.807) is 16.7 Å². The first-order valence-electron chi connectivity index (χ1n) is 7.34. The summed E-state index contributed by atoms with van der Waals surface area (Å²) in [6.07, 6.45) is 0. The molecule has 0 saturated heterocycles. The molecule has 0 atom stereocenters. The van der Waals surface area contributed by atoms with Crippen molar-refractivity contribution in [3.63, 3.8) is 0 Å². The van der Waals surface area contributed by atoms with E-state index in [0.29, 0.717) is 18.7 Å². The summed E-state index contributed by atoms with van der Waals surface area (Å²) in [7, 11) is 0. The number of amides is 1. The van der Waals surface area contributed by atoms with Gasteiger partial charge in [0.15, 0.2) is 5.17 Å². The molecule has 2 aromatic rings. The SMILES string of the molecule is Cc1ccccc1CSC1=NCCN1C(=O)c1ccccc1. The topological polar surface area (TPSA) is 32.7 Å². The number of nitrogens with zero attached hydrogens (tertiary/aromatic N) is 2. The van der Waals surface area contributed by atoms with Crippen LogP contribution in [0.5, 0.6) is 0 Å². The zero-order valence-electron chi connectivity index (χ0n) is 12.5. The van der Waals surface area contributed by atoms with E-state index in [1.807, 2.05) is 42.5 Å². The minimum Gasteiger partial charge on any atom is -0.286 e. The van der Waals surface area contributed by atoms with Crippen LogP contribution in [0.4, 0.5) is 0 Å². The van der Waals surface area contributed by atoms with Gasteiger partial charge in [-0.15, -0.1) is 0 Å². The summed E-state index contributed by atoms with van der Waals surface area (Å²) in [5.41, 5.74) is 3.28. The fourth-order valence-corrected chi connectivity index (χ4v) is 3.51. The van der Waals surface area contributed by atoms with Gasteiger partial charge in [-0.1, -0.05) is 54.2 Å². The monoisotopic (exact) mass is 310 g/mol. The average Bonchev–Trinajstić information content (AvgIpc) is 3.03. The second kappa shape index (κ2) is 6.79. The van der Waals surface area contributed by atoms with Crippen LogP contribution in [0.3, 0.4) is 0 Å². The van der Waals surface area contributed by atoms with E-state index in [2.05, 4.69) is 24.0 Å². The Morgan fingerprint density at radius 3 is 2.64 bits per heavy atom. The number of hydrogen-bond acceptors (Lipinski definition) is 3. The quantitative estimate of drug-likeness (QED) is 0.865. The maximum atomic E-state index is 12.6. The molecule has 0 saturated carbocycles. The van der Waals surface area contributed by atoms with Gasteiger partial charge in [0.2, 0.25) is 0 Å². The normalized spacial score (nSPS) is 14.0. The Bertz CT molecular complexity index is 697. The van der Waals surface area contributed by atoms with Crippen molar-refractivity contribution in [1.29, 1.82) is 0 Å². The number of aryl methyl sites for hydroxylation is 1. The third kappa shape index (κ3) is 3.22. The van der Waals surface area contributed by atoms with Gasteiger partial charge in [0.05, 0.1) is 6.54 Å². The lowest BCUT2D eigenvalue weighted by molar-refractivity contribution is 0.0860. The molecule has 112 valence electrons. The Kier molecular flexibility index (Phi) is 4.59. The predicted molar refractivity (Wildman–Crippen MR) is 92.3 cm³/mol. The molecule has 1 aliphatic rings. The van der Waals surface area contributed by atoms with E-state index in [-0.39, 0.29) is 5.91 Å². The molecule has 0 bridgehead atoms. The zero-order valence-corrected chi connectivity index (χ0v) is 13.3.